The average Bonchev–Trinajstić information content (AvgIpc) is 2.68. The molecule has 0 unspecified atom stereocenters. The quantitative estimate of drug-likeness (QED) is 0.776. The zero-order chi connectivity index (χ0) is 17.3. The van der Waals surface area contributed by atoms with E-state index in [9.17, 15) is 4.79 Å². The molecule has 0 saturated carbocycles. The van der Waals surface area contributed by atoms with Gasteiger partial charge in [-0.1, -0.05) is 24.3 Å². The molecule has 6 heteroatoms. The topological polar surface area (TPSA) is 63.7 Å². The zero-order valence-corrected chi connectivity index (χ0v) is 14.1. The van der Waals surface area contributed by atoms with Crippen LogP contribution < -0.4 is 10.1 Å². The second-order valence-corrected chi connectivity index (χ2v) is 5.79. The van der Waals surface area contributed by atoms with Crippen molar-refractivity contribution in [3.05, 3.63) is 60.4 Å². The van der Waals surface area contributed by atoms with Gasteiger partial charge in [-0.05, 0) is 23.8 Å². The SMILES string of the molecule is O=C(NCCOc1ccccc1)[C@@H](c1cccnc1)N1CCOCC1. The molecule has 0 bridgehead atoms. The highest BCUT2D eigenvalue weighted by atomic mass is 16.5. The lowest BCUT2D eigenvalue weighted by molar-refractivity contribution is -0.128. The molecule has 2 aromatic rings. The van der Waals surface area contributed by atoms with E-state index < -0.39 is 0 Å². The van der Waals surface area contributed by atoms with Crippen LogP contribution in [-0.2, 0) is 9.53 Å². The number of aromatic nitrogens is 1. The number of nitrogens with one attached hydrogen (secondary N) is 1. The van der Waals surface area contributed by atoms with E-state index in [4.69, 9.17) is 9.47 Å². The number of pyridine rings is 1. The third kappa shape index (κ3) is 5.01. The number of carbonyl (C=O) groups excluding carboxylic acids is 1. The van der Waals surface area contributed by atoms with Crippen molar-refractivity contribution in [1.29, 1.82) is 0 Å². The van der Waals surface area contributed by atoms with E-state index in [2.05, 4.69) is 15.2 Å². The molecule has 1 aliphatic rings. The smallest absolute Gasteiger partial charge is 0.242 e. The van der Waals surface area contributed by atoms with Gasteiger partial charge in [-0.25, -0.2) is 0 Å². The van der Waals surface area contributed by atoms with Crippen LogP contribution in [-0.4, -0.2) is 55.2 Å². The van der Waals surface area contributed by atoms with Crippen molar-refractivity contribution in [2.45, 2.75) is 6.04 Å². The average molecular weight is 341 g/mol. The minimum absolute atomic E-state index is 0.0356. The molecule has 1 aromatic heterocycles. The Hall–Kier alpha value is -2.44. The normalized spacial score (nSPS) is 16.2. The molecule has 132 valence electrons. The third-order valence-corrected chi connectivity index (χ3v) is 4.07. The Labute approximate surface area is 147 Å². The predicted octanol–water partition coefficient (Wildman–Crippen LogP) is 1.65. The van der Waals surface area contributed by atoms with Crippen LogP contribution in [0, 0.1) is 0 Å². The lowest BCUT2D eigenvalue weighted by atomic mass is 10.1. The molecule has 1 aliphatic heterocycles. The first-order valence-corrected chi connectivity index (χ1v) is 8.52. The summed E-state index contributed by atoms with van der Waals surface area (Å²) in [4.78, 5) is 19.1. The van der Waals surface area contributed by atoms with Crippen molar-refractivity contribution in [2.75, 3.05) is 39.5 Å². The van der Waals surface area contributed by atoms with E-state index in [0.717, 1.165) is 24.4 Å². The largest absolute Gasteiger partial charge is 0.492 e. The molecule has 1 fully saturated rings. The van der Waals surface area contributed by atoms with Crippen molar-refractivity contribution in [3.63, 3.8) is 0 Å². The van der Waals surface area contributed by atoms with Crippen molar-refractivity contribution in [1.82, 2.24) is 15.2 Å². The monoisotopic (exact) mass is 341 g/mol. The molecule has 1 amide bonds. The van der Waals surface area contributed by atoms with Gasteiger partial charge in [-0.3, -0.25) is 14.7 Å². The van der Waals surface area contributed by atoms with Crippen LogP contribution in [0.3, 0.4) is 0 Å². The van der Waals surface area contributed by atoms with Crippen LogP contribution in [0.4, 0.5) is 0 Å². The summed E-state index contributed by atoms with van der Waals surface area (Å²) in [6.45, 7) is 3.62. The molecule has 2 heterocycles. The summed E-state index contributed by atoms with van der Waals surface area (Å²) in [6.07, 6.45) is 3.46. The summed E-state index contributed by atoms with van der Waals surface area (Å²) in [6, 6.07) is 13.0. The summed E-state index contributed by atoms with van der Waals surface area (Å²) < 4.78 is 11.0. The van der Waals surface area contributed by atoms with E-state index in [1.54, 1.807) is 12.4 Å². The number of benzene rings is 1. The predicted molar refractivity (Wildman–Crippen MR) is 94.3 cm³/mol. The number of hydrogen-bond donors (Lipinski definition) is 1. The van der Waals surface area contributed by atoms with Crippen molar-refractivity contribution in [2.24, 2.45) is 0 Å². The van der Waals surface area contributed by atoms with E-state index in [1.165, 1.54) is 0 Å². The zero-order valence-electron chi connectivity index (χ0n) is 14.1. The summed E-state index contributed by atoms with van der Waals surface area (Å²) in [5.74, 6) is 0.764. The van der Waals surface area contributed by atoms with Gasteiger partial charge in [-0.2, -0.15) is 0 Å². The van der Waals surface area contributed by atoms with Crippen LogP contribution in [0.15, 0.2) is 54.9 Å². The van der Waals surface area contributed by atoms with E-state index in [1.807, 2.05) is 42.5 Å². The molecular weight excluding hydrogens is 318 g/mol. The molecule has 1 saturated heterocycles. The Morgan fingerprint density at radius 1 is 1.20 bits per heavy atom. The van der Waals surface area contributed by atoms with Gasteiger partial charge in [0.2, 0.25) is 5.91 Å². The molecule has 6 nitrogen and oxygen atoms in total. The first-order valence-electron chi connectivity index (χ1n) is 8.52. The molecule has 1 atom stereocenters. The standard InChI is InChI=1S/C19H23N3O3/c23-19(21-9-12-25-17-6-2-1-3-7-17)18(16-5-4-8-20-15-16)22-10-13-24-14-11-22/h1-8,15,18H,9-14H2,(H,21,23)/t18-/m1/s1. The fourth-order valence-electron chi connectivity index (χ4n) is 2.86. The lowest BCUT2D eigenvalue weighted by Crippen LogP contribution is -2.46. The van der Waals surface area contributed by atoms with Crippen molar-refractivity contribution in [3.8, 4) is 5.75 Å². The first-order chi connectivity index (χ1) is 12.3. The van der Waals surface area contributed by atoms with E-state index in [0.29, 0.717) is 26.4 Å². The fraction of sp³-hybridized carbons (Fsp3) is 0.368. The Bertz CT molecular complexity index is 645. The van der Waals surface area contributed by atoms with Crippen LogP contribution in [0.5, 0.6) is 5.75 Å². The van der Waals surface area contributed by atoms with Crippen molar-refractivity contribution < 1.29 is 14.3 Å². The van der Waals surface area contributed by atoms with E-state index in [-0.39, 0.29) is 11.9 Å². The summed E-state index contributed by atoms with van der Waals surface area (Å²) in [7, 11) is 0. The number of carbonyl (C=O) groups is 1. The first kappa shape index (κ1) is 17.4. The van der Waals surface area contributed by atoms with Crippen LogP contribution in [0.1, 0.15) is 11.6 Å². The fourth-order valence-corrected chi connectivity index (χ4v) is 2.86. The molecule has 25 heavy (non-hydrogen) atoms. The Kier molecular flexibility index (Phi) is 6.36. The molecule has 1 N–H and O–H groups in total. The van der Waals surface area contributed by atoms with Gasteiger partial charge in [0.05, 0.1) is 19.8 Å². The third-order valence-electron chi connectivity index (χ3n) is 4.07. The second kappa shape index (κ2) is 9.15. The van der Waals surface area contributed by atoms with Gasteiger partial charge < -0.3 is 14.8 Å². The maximum Gasteiger partial charge on any atom is 0.242 e. The van der Waals surface area contributed by atoms with Crippen molar-refractivity contribution >= 4 is 5.91 Å². The number of ether oxygens (including phenoxy) is 2. The number of para-hydroxylation sites is 1. The highest BCUT2D eigenvalue weighted by molar-refractivity contribution is 5.83. The number of morpholine rings is 1. The highest BCUT2D eigenvalue weighted by Gasteiger charge is 2.28. The molecule has 3 rings (SSSR count). The second-order valence-electron chi connectivity index (χ2n) is 5.79. The van der Waals surface area contributed by atoms with Gasteiger partial charge in [0, 0.05) is 25.5 Å². The highest BCUT2D eigenvalue weighted by Crippen LogP contribution is 2.21. The summed E-state index contributed by atoms with van der Waals surface area (Å²) in [5, 5.41) is 2.97. The molecule has 0 aliphatic carbocycles. The molecule has 1 aromatic carbocycles. The van der Waals surface area contributed by atoms with Gasteiger partial charge in [0.1, 0.15) is 18.4 Å². The minimum Gasteiger partial charge on any atom is -0.492 e. The summed E-state index contributed by atoms with van der Waals surface area (Å²) >= 11 is 0. The van der Waals surface area contributed by atoms with Gasteiger partial charge in [0.15, 0.2) is 0 Å². The van der Waals surface area contributed by atoms with Crippen LogP contribution in [0.25, 0.3) is 0 Å². The lowest BCUT2D eigenvalue weighted by Gasteiger charge is -2.33. The maximum atomic E-state index is 12.8. The molecule has 0 spiro atoms. The Balaban J connectivity index is 1.57. The maximum absolute atomic E-state index is 12.8. The molecular formula is C19H23N3O3. The van der Waals surface area contributed by atoms with Gasteiger partial charge >= 0.3 is 0 Å². The van der Waals surface area contributed by atoms with Gasteiger partial charge in [0.25, 0.3) is 0 Å². The number of hydrogen-bond acceptors (Lipinski definition) is 5. The Morgan fingerprint density at radius 2 is 2.00 bits per heavy atom. The number of amides is 1. The summed E-state index contributed by atoms with van der Waals surface area (Å²) in [5.41, 5.74) is 0.894. The number of rotatable bonds is 7. The Morgan fingerprint density at radius 3 is 2.72 bits per heavy atom. The van der Waals surface area contributed by atoms with E-state index >= 15 is 0 Å². The van der Waals surface area contributed by atoms with Crippen LogP contribution in [0.2, 0.25) is 0 Å². The molecule has 0 radical (unpaired) electrons. The van der Waals surface area contributed by atoms with Crippen LogP contribution >= 0.6 is 0 Å². The van der Waals surface area contributed by atoms with Gasteiger partial charge in [-0.15, -0.1) is 0 Å². The number of nitrogens with zero attached hydrogens (tertiary/aromatic N) is 2. The minimum atomic E-state index is -0.352.